The van der Waals surface area contributed by atoms with Crippen LogP contribution in [0.3, 0.4) is 0 Å². The Morgan fingerprint density at radius 1 is 1.15 bits per heavy atom. The van der Waals surface area contributed by atoms with E-state index in [1.165, 1.54) is 6.07 Å². The fourth-order valence-electron chi connectivity index (χ4n) is 3.04. The number of likely N-dealkylation sites (tertiary alicyclic amines) is 1. The van der Waals surface area contributed by atoms with E-state index in [1.807, 2.05) is 0 Å². The van der Waals surface area contributed by atoms with Gasteiger partial charge < -0.3 is 9.47 Å². The summed E-state index contributed by atoms with van der Waals surface area (Å²) in [5, 5.41) is 0. The number of aromatic nitrogens is 1. The van der Waals surface area contributed by atoms with Gasteiger partial charge in [-0.05, 0) is 31.7 Å². The molecule has 3 heterocycles. The number of rotatable bonds is 3. The van der Waals surface area contributed by atoms with Crippen LogP contribution in [-0.2, 0) is 4.74 Å². The summed E-state index contributed by atoms with van der Waals surface area (Å²) in [5.41, 5.74) is 0. The molecule has 0 spiro atoms. The van der Waals surface area contributed by atoms with Crippen molar-refractivity contribution in [1.29, 1.82) is 0 Å². The largest absolute Gasteiger partial charge is 0.474 e. The van der Waals surface area contributed by atoms with Crippen molar-refractivity contribution in [3.05, 3.63) is 24.1 Å². The summed E-state index contributed by atoms with van der Waals surface area (Å²) >= 11 is 0. The highest BCUT2D eigenvalue weighted by Crippen LogP contribution is 2.22. The van der Waals surface area contributed by atoms with Gasteiger partial charge in [0, 0.05) is 38.4 Å². The van der Waals surface area contributed by atoms with Gasteiger partial charge in [-0.3, -0.25) is 4.90 Å². The van der Waals surface area contributed by atoms with E-state index in [9.17, 15) is 4.39 Å². The lowest BCUT2D eigenvalue weighted by Crippen LogP contribution is -2.46. The van der Waals surface area contributed by atoms with Crippen LogP contribution in [0.1, 0.15) is 25.7 Å². The van der Waals surface area contributed by atoms with Crippen molar-refractivity contribution in [2.24, 2.45) is 0 Å². The summed E-state index contributed by atoms with van der Waals surface area (Å²) in [6, 6.07) is 5.35. The zero-order valence-corrected chi connectivity index (χ0v) is 11.6. The number of ether oxygens (including phenoxy) is 2. The van der Waals surface area contributed by atoms with Crippen molar-refractivity contribution in [1.82, 2.24) is 9.88 Å². The molecule has 0 N–H and O–H groups in total. The van der Waals surface area contributed by atoms with Crippen LogP contribution in [0.15, 0.2) is 18.2 Å². The first-order chi connectivity index (χ1) is 9.81. The van der Waals surface area contributed by atoms with Crippen molar-refractivity contribution in [2.45, 2.75) is 37.8 Å². The minimum Gasteiger partial charge on any atom is -0.474 e. The van der Waals surface area contributed by atoms with Crippen LogP contribution in [0.5, 0.6) is 5.88 Å². The lowest BCUT2D eigenvalue weighted by atomic mass is 10.0. The van der Waals surface area contributed by atoms with Crippen LogP contribution in [0.2, 0.25) is 0 Å². The van der Waals surface area contributed by atoms with Crippen molar-refractivity contribution in [3.8, 4) is 5.88 Å². The van der Waals surface area contributed by atoms with E-state index in [2.05, 4.69) is 9.88 Å². The van der Waals surface area contributed by atoms with Gasteiger partial charge >= 0.3 is 0 Å². The van der Waals surface area contributed by atoms with Crippen LogP contribution in [0, 0.1) is 5.95 Å². The molecular weight excluding hydrogens is 259 g/mol. The molecule has 20 heavy (non-hydrogen) atoms. The number of nitrogens with zero attached hydrogens (tertiary/aromatic N) is 2. The molecule has 1 aromatic rings. The standard InChI is InChI=1S/C15H21FN2O2/c16-14-2-1-3-15(17-14)20-13-4-8-18(9-5-13)12-6-10-19-11-7-12/h1-3,12-13H,4-11H2. The van der Waals surface area contributed by atoms with Crippen LogP contribution in [-0.4, -0.2) is 48.3 Å². The van der Waals surface area contributed by atoms with Gasteiger partial charge in [0.1, 0.15) is 6.10 Å². The van der Waals surface area contributed by atoms with E-state index in [0.717, 1.165) is 52.0 Å². The highest BCUT2D eigenvalue weighted by molar-refractivity contribution is 5.10. The number of hydrogen-bond donors (Lipinski definition) is 0. The quantitative estimate of drug-likeness (QED) is 0.795. The van der Waals surface area contributed by atoms with Gasteiger partial charge in [-0.15, -0.1) is 0 Å². The van der Waals surface area contributed by atoms with Crippen molar-refractivity contribution in [2.75, 3.05) is 26.3 Å². The maximum atomic E-state index is 13.0. The molecule has 2 fully saturated rings. The first kappa shape index (κ1) is 13.8. The maximum Gasteiger partial charge on any atom is 0.216 e. The predicted octanol–water partition coefficient (Wildman–Crippen LogP) is 2.24. The Morgan fingerprint density at radius 2 is 1.90 bits per heavy atom. The Kier molecular flexibility index (Phi) is 4.47. The molecule has 2 aliphatic rings. The SMILES string of the molecule is Fc1cccc(OC2CCN(C3CCOCC3)CC2)n1. The molecule has 5 heteroatoms. The smallest absolute Gasteiger partial charge is 0.216 e. The predicted molar refractivity (Wildman–Crippen MR) is 73.3 cm³/mol. The van der Waals surface area contributed by atoms with E-state index in [0.29, 0.717) is 11.9 Å². The topological polar surface area (TPSA) is 34.6 Å². The summed E-state index contributed by atoms with van der Waals surface area (Å²) in [6.45, 7) is 3.86. The van der Waals surface area contributed by atoms with Crippen LogP contribution in [0.25, 0.3) is 0 Å². The lowest BCUT2D eigenvalue weighted by molar-refractivity contribution is 0.00937. The Bertz CT molecular complexity index is 430. The van der Waals surface area contributed by atoms with Crippen molar-refractivity contribution < 1.29 is 13.9 Å². The number of hydrogen-bond acceptors (Lipinski definition) is 4. The fraction of sp³-hybridized carbons (Fsp3) is 0.667. The Hall–Kier alpha value is -1.20. The Morgan fingerprint density at radius 3 is 2.60 bits per heavy atom. The highest BCUT2D eigenvalue weighted by Gasteiger charge is 2.27. The molecule has 0 saturated carbocycles. The van der Waals surface area contributed by atoms with Crippen molar-refractivity contribution >= 4 is 0 Å². The van der Waals surface area contributed by atoms with E-state index in [-0.39, 0.29) is 6.10 Å². The normalized spacial score (nSPS) is 22.9. The van der Waals surface area contributed by atoms with Gasteiger partial charge in [0.05, 0.1) is 0 Å². The molecule has 0 bridgehead atoms. The Labute approximate surface area is 118 Å². The zero-order chi connectivity index (χ0) is 13.8. The van der Waals surface area contributed by atoms with Crippen LogP contribution >= 0.6 is 0 Å². The average molecular weight is 280 g/mol. The molecule has 0 unspecified atom stereocenters. The Balaban J connectivity index is 1.48. The van der Waals surface area contributed by atoms with Crippen LogP contribution in [0.4, 0.5) is 4.39 Å². The highest BCUT2D eigenvalue weighted by atomic mass is 19.1. The first-order valence-corrected chi connectivity index (χ1v) is 7.42. The molecule has 3 rings (SSSR count). The number of pyridine rings is 1. The summed E-state index contributed by atoms with van der Waals surface area (Å²) < 4.78 is 24.2. The molecule has 0 atom stereocenters. The molecule has 4 nitrogen and oxygen atoms in total. The molecule has 2 aliphatic heterocycles. The third-order valence-electron chi connectivity index (χ3n) is 4.16. The van der Waals surface area contributed by atoms with Gasteiger partial charge in [0.25, 0.3) is 0 Å². The molecule has 2 saturated heterocycles. The lowest BCUT2D eigenvalue weighted by Gasteiger charge is -2.39. The van der Waals surface area contributed by atoms with Gasteiger partial charge in [-0.1, -0.05) is 6.07 Å². The fourth-order valence-corrected chi connectivity index (χ4v) is 3.04. The van der Waals surface area contributed by atoms with E-state index in [1.54, 1.807) is 12.1 Å². The summed E-state index contributed by atoms with van der Waals surface area (Å²) in [4.78, 5) is 6.30. The van der Waals surface area contributed by atoms with Gasteiger partial charge in [0.15, 0.2) is 0 Å². The summed E-state index contributed by atoms with van der Waals surface area (Å²) in [6.07, 6.45) is 4.39. The maximum absolute atomic E-state index is 13.0. The van der Waals surface area contributed by atoms with Gasteiger partial charge in [-0.2, -0.15) is 9.37 Å². The third kappa shape index (κ3) is 3.46. The molecule has 0 amide bonds. The van der Waals surface area contributed by atoms with Crippen LogP contribution < -0.4 is 4.74 Å². The summed E-state index contributed by atoms with van der Waals surface area (Å²) in [5.74, 6) is -0.0864. The monoisotopic (exact) mass is 280 g/mol. The third-order valence-corrected chi connectivity index (χ3v) is 4.16. The molecular formula is C15H21FN2O2. The molecule has 110 valence electrons. The number of halogens is 1. The average Bonchev–Trinajstić information content (AvgIpc) is 2.49. The number of piperidine rings is 1. The summed E-state index contributed by atoms with van der Waals surface area (Å²) in [7, 11) is 0. The molecule has 1 aromatic heterocycles. The second kappa shape index (κ2) is 6.50. The molecule has 0 aromatic carbocycles. The minimum absolute atomic E-state index is 0.153. The van der Waals surface area contributed by atoms with E-state index >= 15 is 0 Å². The second-order valence-corrected chi connectivity index (χ2v) is 5.50. The second-order valence-electron chi connectivity index (χ2n) is 5.50. The van der Waals surface area contributed by atoms with Crippen molar-refractivity contribution in [3.63, 3.8) is 0 Å². The van der Waals surface area contributed by atoms with Gasteiger partial charge in [-0.25, -0.2) is 0 Å². The molecule has 0 radical (unpaired) electrons. The zero-order valence-electron chi connectivity index (χ0n) is 11.6. The van der Waals surface area contributed by atoms with E-state index < -0.39 is 5.95 Å². The first-order valence-electron chi connectivity index (χ1n) is 7.42. The van der Waals surface area contributed by atoms with Gasteiger partial charge in [0.2, 0.25) is 11.8 Å². The van der Waals surface area contributed by atoms with E-state index in [4.69, 9.17) is 9.47 Å². The minimum atomic E-state index is -0.484. The molecule has 0 aliphatic carbocycles.